The van der Waals surface area contributed by atoms with E-state index in [2.05, 4.69) is 10.4 Å². The second-order valence-electron chi connectivity index (χ2n) is 9.06. The van der Waals surface area contributed by atoms with E-state index in [1.807, 2.05) is 27.0 Å². The maximum atomic E-state index is 13.2. The Morgan fingerprint density at radius 1 is 1.19 bits per heavy atom. The summed E-state index contributed by atoms with van der Waals surface area (Å²) >= 11 is 0. The zero-order valence-electron chi connectivity index (χ0n) is 18.8. The number of aryl methyl sites for hydroxylation is 2. The Hall–Kier alpha value is -2.19. The third-order valence-electron chi connectivity index (χ3n) is 6.93. The minimum atomic E-state index is -3.63. The number of fused-ring (bicyclic) bond motifs is 1. The van der Waals surface area contributed by atoms with Crippen molar-refractivity contribution in [3.8, 4) is 0 Å². The van der Waals surface area contributed by atoms with Crippen molar-refractivity contribution in [2.24, 2.45) is 13.0 Å². The van der Waals surface area contributed by atoms with Gasteiger partial charge in [-0.25, -0.2) is 8.42 Å². The van der Waals surface area contributed by atoms with Gasteiger partial charge in [0.2, 0.25) is 15.9 Å². The van der Waals surface area contributed by atoms with E-state index in [1.54, 1.807) is 23.9 Å². The molecule has 1 atom stereocenters. The molecule has 8 heteroatoms. The molecule has 0 radical (unpaired) electrons. The summed E-state index contributed by atoms with van der Waals surface area (Å²) in [5.74, 6) is 0.304. The third kappa shape index (κ3) is 4.28. The SMILES string of the molecule is Cc1nn(C)c(C)c1CN(C)S(=O)(=O)c1ccc2c(c1)CC(NC(=O)C1CCCC1)C2. The van der Waals surface area contributed by atoms with Crippen molar-refractivity contribution in [1.82, 2.24) is 19.4 Å². The Bertz CT molecular complexity index is 1100. The molecule has 7 nitrogen and oxygen atoms in total. The van der Waals surface area contributed by atoms with Gasteiger partial charge >= 0.3 is 0 Å². The quantitative estimate of drug-likeness (QED) is 0.742. The highest BCUT2D eigenvalue weighted by Crippen LogP contribution is 2.29. The first kappa shape index (κ1) is 22.0. The molecule has 1 heterocycles. The van der Waals surface area contributed by atoms with Gasteiger partial charge in [-0.1, -0.05) is 18.9 Å². The van der Waals surface area contributed by atoms with Crippen LogP contribution in [0.2, 0.25) is 0 Å². The summed E-state index contributed by atoms with van der Waals surface area (Å²) in [7, 11) is -0.154. The Labute approximate surface area is 184 Å². The fraction of sp³-hybridized carbons (Fsp3) is 0.565. The van der Waals surface area contributed by atoms with E-state index in [9.17, 15) is 13.2 Å². The number of carbonyl (C=O) groups excluding carboxylic acids is 1. The third-order valence-corrected chi connectivity index (χ3v) is 8.73. The lowest BCUT2D eigenvalue weighted by Crippen LogP contribution is -2.38. The Morgan fingerprint density at radius 2 is 1.87 bits per heavy atom. The van der Waals surface area contributed by atoms with E-state index in [0.29, 0.717) is 11.3 Å². The zero-order chi connectivity index (χ0) is 22.3. The molecule has 31 heavy (non-hydrogen) atoms. The fourth-order valence-corrected chi connectivity index (χ4v) is 6.09. The number of sulfonamides is 1. The van der Waals surface area contributed by atoms with E-state index >= 15 is 0 Å². The zero-order valence-corrected chi connectivity index (χ0v) is 19.6. The predicted molar refractivity (Wildman–Crippen MR) is 119 cm³/mol. The highest BCUT2D eigenvalue weighted by Gasteiger charge is 2.30. The summed E-state index contributed by atoms with van der Waals surface area (Å²) in [6, 6.07) is 5.43. The van der Waals surface area contributed by atoms with E-state index in [0.717, 1.165) is 60.2 Å². The summed E-state index contributed by atoms with van der Waals surface area (Å²) in [4.78, 5) is 12.8. The van der Waals surface area contributed by atoms with Gasteiger partial charge in [-0.15, -0.1) is 0 Å². The molecule has 0 spiro atoms. The predicted octanol–water partition coefficient (Wildman–Crippen LogP) is 2.63. The first-order chi connectivity index (χ1) is 14.7. The van der Waals surface area contributed by atoms with Crippen LogP contribution in [0.25, 0.3) is 0 Å². The highest BCUT2D eigenvalue weighted by molar-refractivity contribution is 7.89. The van der Waals surface area contributed by atoms with Crippen LogP contribution in [0.1, 0.15) is 53.8 Å². The molecule has 1 fully saturated rings. The van der Waals surface area contributed by atoms with Gasteiger partial charge in [0.15, 0.2) is 0 Å². The molecule has 2 aliphatic rings. The van der Waals surface area contributed by atoms with Gasteiger partial charge in [0.1, 0.15) is 0 Å². The van der Waals surface area contributed by atoms with Crippen LogP contribution in [0.3, 0.4) is 0 Å². The number of nitrogens with one attached hydrogen (secondary N) is 1. The topological polar surface area (TPSA) is 84.3 Å². The van der Waals surface area contributed by atoms with Gasteiger partial charge in [-0.3, -0.25) is 9.48 Å². The second kappa shape index (κ2) is 8.39. The number of rotatable bonds is 6. The number of aromatic nitrogens is 2. The molecule has 1 unspecified atom stereocenters. The van der Waals surface area contributed by atoms with Gasteiger partial charge in [-0.05, 0) is 62.8 Å². The van der Waals surface area contributed by atoms with Crippen molar-refractivity contribution in [2.45, 2.75) is 69.9 Å². The van der Waals surface area contributed by atoms with Crippen LogP contribution in [-0.4, -0.2) is 41.5 Å². The Balaban J connectivity index is 1.47. The average molecular weight is 445 g/mol. The molecule has 2 aromatic rings. The molecule has 168 valence electrons. The molecular formula is C23H32N4O3S. The van der Waals surface area contributed by atoms with E-state index < -0.39 is 10.0 Å². The van der Waals surface area contributed by atoms with Crippen LogP contribution in [0.5, 0.6) is 0 Å². The van der Waals surface area contributed by atoms with Crippen LogP contribution >= 0.6 is 0 Å². The van der Waals surface area contributed by atoms with E-state index in [4.69, 9.17) is 0 Å². The first-order valence-electron chi connectivity index (χ1n) is 11.0. The summed E-state index contributed by atoms with van der Waals surface area (Å²) in [5, 5.41) is 7.57. The average Bonchev–Trinajstić information content (AvgIpc) is 3.44. The van der Waals surface area contributed by atoms with Crippen LogP contribution in [-0.2, 0) is 41.3 Å². The van der Waals surface area contributed by atoms with E-state index in [-0.39, 0.29) is 24.4 Å². The summed E-state index contributed by atoms with van der Waals surface area (Å²) in [5.41, 5.74) is 4.88. The van der Waals surface area contributed by atoms with Gasteiger partial charge in [0.25, 0.3) is 0 Å². The number of benzene rings is 1. The molecule has 1 aromatic heterocycles. The van der Waals surface area contributed by atoms with Gasteiger partial charge < -0.3 is 5.32 Å². The van der Waals surface area contributed by atoms with Crippen LogP contribution in [0.4, 0.5) is 0 Å². The standard InChI is InChI=1S/C23H32N4O3S/c1-15-22(16(2)27(4)25-15)14-26(3)31(29,30)21-10-9-18-11-20(12-19(18)13-21)24-23(28)17-7-5-6-8-17/h9-10,13,17,20H,5-8,11-12,14H2,1-4H3,(H,24,28). The van der Waals surface area contributed by atoms with Crippen molar-refractivity contribution in [2.75, 3.05) is 7.05 Å². The van der Waals surface area contributed by atoms with Crippen molar-refractivity contribution in [3.05, 3.63) is 46.3 Å². The number of nitrogens with zero attached hydrogens (tertiary/aromatic N) is 3. The normalized spacial score (nSPS) is 19.2. The molecule has 0 aliphatic heterocycles. The van der Waals surface area contributed by atoms with Crippen LogP contribution in [0, 0.1) is 19.8 Å². The molecule has 1 N–H and O–H groups in total. The highest BCUT2D eigenvalue weighted by atomic mass is 32.2. The molecule has 0 saturated heterocycles. The van der Waals surface area contributed by atoms with Gasteiger partial charge in [0.05, 0.1) is 10.6 Å². The van der Waals surface area contributed by atoms with Gasteiger partial charge in [0, 0.05) is 43.9 Å². The number of hydrogen-bond donors (Lipinski definition) is 1. The lowest BCUT2D eigenvalue weighted by Gasteiger charge is -2.18. The molecule has 4 rings (SSSR count). The largest absolute Gasteiger partial charge is 0.352 e. The molecule has 1 aromatic carbocycles. The maximum Gasteiger partial charge on any atom is 0.243 e. The molecule has 2 aliphatic carbocycles. The molecule has 1 saturated carbocycles. The smallest absolute Gasteiger partial charge is 0.243 e. The van der Waals surface area contributed by atoms with Crippen LogP contribution < -0.4 is 5.32 Å². The van der Waals surface area contributed by atoms with Crippen molar-refractivity contribution < 1.29 is 13.2 Å². The molecular weight excluding hydrogens is 412 g/mol. The van der Waals surface area contributed by atoms with Crippen molar-refractivity contribution in [1.29, 1.82) is 0 Å². The maximum absolute atomic E-state index is 13.2. The Morgan fingerprint density at radius 3 is 2.52 bits per heavy atom. The Kier molecular flexibility index (Phi) is 5.96. The second-order valence-corrected chi connectivity index (χ2v) is 11.1. The molecule has 1 amide bonds. The number of hydrogen-bond acceptors (Lipinski definition) is 4. The summed E-state index contributed by atoms with van der Waals surface area (Å²) in [6.07, 6.45) is 5.68. The van der Waals surface area contributed by atoms with E-state index in [1.165, 1.54) is 4.31 Å². The summed E-state index contributed by atoms with van der Waals surface area (Å²) < 4.78 is 29.6. The number of amides is 1. The van der Waals surface area contributed by atoms with Crippen LogP contribution in [0.15, 0.2) is 23.1 Å². The van der Waals surface area contributed by atoms with Gasteiger partial charge in [-0.2, -0.15) is 9.40 Å². The van der Waals surface area contributed by atoms with Crippen molar-refractivity contribution >= 4 is 15.9 Å². The fourth-order valence-electron chi connectivity index (χ4n) is 4.90. The lowest BCUT2D eigenvalue weighted by atomic mass is 10.1. The minimum absolute atomic E-state index is 0.0551. The lowest BCUT2D eigenvalue weighted by molar-refractivity contribution is -0.125. The number of carbonyl (C=O) groups is 1. The summed E-state index contributed by atoms with van der Waals surface area (Å²) in [6.45, 7) is 4.13. The monoisotopic (exact) mass is 444 g/mol. The first-order valence-corrected chi connectivity index (χ1v) is 12.5. The molecule has 0 bridgehead atoms. The van der Waals surface area contributed by atoms with Crippen molar-refractivity contribution in [3.63, 3.8) is 0 Å². The minimum Gasteiger partial charge on any atom is -0.352 e.